The first-order valence-corrected chi connectivity index (χ1v) is 4.52. The Hall–Kier alpha value is -1.12. The van der Waals surface area contributed by atoms with Gasteiger partial charge < -0.3 is 10.5 Å². The number of rotatable bonds is 7. The Morgan fingerprint density at radius 1 is 1.64 bits per heavy atom. The van der Waals surface area contributed by atoms with Crippen molar-refractivity contribution in [3.05, 3.63) is 0 Å². The third kappa shape index (κ3) is 4.80. The lowest BCUT2D eigenvalue weighted by Gasteiger charge is -2.25. The zero-order chi connectivity index (χ0) is 11.0. The lowest BCUT2D eigenvalue weighted by Crippen LogP contribution is -2.44. The predicted molar refractivity (Wildman–Crippen MR) is 52.3 cm³/mol. The standard InChI is InChI=1S/C9H17N3O2/c1-8(9(11)13)12(5-3-4-10)6-7-14-2/h8H,3,5-7H2,1-2H3,(H2,11,13). The van der Waals surface area contributed by atoms with Gasteiger partial charge in [-0.3, -0.25) is 9.69 Å². The number of carbonyl (C=O) groups is 1. The molecular formula is C9H17N3O2. The van der Waals surface area contributed by atoms with Gasteiger partial charge in [0.1, 0.15) is 0 Å². The summed E-state index contributed by atoms with van der Waals surface area (Å²) in [5, 5.41) is 8.44. The molecule has 0 heterocycles. The second-order valence-corrected chi connectivity index (χ2v) is 3.02. The minimum atomic E-state index is -0.376. The van der Waals surface area contributed by atoms with Crippen molar-refractivity contribution in [1.82, 2.24) is 4.90 Å². The molecule has 0 aromatic rings. The highest BCUT2D eigenvalue weighted by molar-refractivity contribution is 5.79. The topological polar surface area (TPSA) is 79.3 Å². The minimum absolute atomic E-state index is 0.349. The SMILES string of the molecule is COCCN(CCC#N)C(C)C(N)=O. The van der Waals surface area contributed by atoms with E-state index in [1.165, 1.54) is 0 Å². The van der Waals surface area contributed by atoms with Gasteiger partial charge in [0.15, 0.2) is 0 Å². The van der Waals surface area contributed by atoms with E-state index in [-0.39, 0.29) is 11.9 Å². The number of hydrogen-bond donors (Lipinski definition) is 1. The van der Waals surface area contributed by atoms with Gasteiger partial charge in [0.2, 0.25) is 5.91 Å². The lowest BCUT2D eigenvalue weighted by molar-refractivity contribution is -0.122. The van der Waals surface area contributed by atoms with Crippen LogP contribution in [0.1, 0.15) is 13.3 Å². The second-order valence-electron chi connectivity index (χ2n) is 3.02. The molecule has 0 aliphatic rings. The molecule has 0 saturated carbocycles. The monoisotopic (exact) mass is 199 g/mol. The van der Waals surface area contributed by atoms with Gasteiger partial charge in [-0.2, -0.15) is 5.26 Å². The maximum Gasteiger partial charge on any atom is 0.234 e. The van der Waals surface area contributed by atoms with E-state index in [1.54, 1.807) is 14.0 Å². The molecule has 5 nitrogen and oxygen atoms in total. The molecule has 0 fully saturated rings. The number of amides is 1. The molecule has 0 radical (unpaired) electrons. The molecule has 0 saturated heterocycles. The van der Waals surface area contributed by atoms with Crippen LogP contribution < -0.4 is 5.73 Å². The van der Waals surface area contributed by atoms with Gasteiger partial charge in [-0.25, -0.2) is 0 Å². The van der Waals surface area contributed by atoms with E-state index >= 15 is 0 Å². The first-order chi connectivity index (χ1) is 6.63. The van der Waals surface area contributed by atoms with Crippen molar-refractivity contribution in [2.45, 2.75) is 19.4 Å². The van der Waals surface area contributed by atoms with Crippen LogP contribution >= 0.6 is 0 Å². The van der Waals surface area contributed by atoms with Crippen molar-refractivity contribution in [3.8, 4) is 6.07 Å². The largest absolute Gasteiger partial charge is 0.383 e. The highest BCUT2D eigenvalue weighted by Gasteiger charge is 2.17. The maximum atomic E-state index is 10.9. The molecule has 14 heavy (non-hydrogen) atoms. The number of methoxy groups -OCH3 is 1. The third-order valence-electron chi connectivity index (χ3n) is 2.05. The van der Waals surface area contributed by atoms with E-state index in [0.29, 0.717) is 26.1 Å². The van der Waals surface area contributed by atoms with Crippen LogP contribution in [0.25, 0.3) is 0 Å². The van der Waals surface area contributed by atoms with E-state index in [4.69, 9.17) is 15.7 Å². The van der Waals surface area contributed by atoms with Crippen molar-refractivity contribution in [3.63, 3.8) is 0 Å². The summed E-state index contributed by atoms with van der Waals surface area (Å²) in [7, 11) is 1.59. The Labute approximate surface area is 84.4 Å². The fraction of sp³-hybridized carbons (Fsp3) is 0.778. The molecule has 0 aromatic heterocycles. The molecule has 80 valence electrons. The van der Waals surface area contributed by atoms with Gasteiger partial charge in [-0.05, 0) is 6.92 Å². The number of nitrogens with two attached hydrogens (primary N) is 1. The van der Waals surface area contributed by atoms with Crippen LogP contribution in [0.3, 0.4) is 0 Å². The van der Waals surface area contributed by atoms with Crippen LogP contribution in [-0.2, 0) is 9.53 Å². The lowest BCUT2D eigenvalue weighted by atomic mass is 10.2. The molecule has 5 heteroatoms. The molecule has 0 aliphatic carbocycles. The summed E-state index contributed by atoms with van der Waals surface area (Å²) in [5.74, 6) is -0.376. The number of carbonyl (C=O) groups excluding carboxylic acids is 1. The van der Waals surface area contributed by atoms with Crippen LogP contribution in [0.2, 0.25) is 0 Å². The molecule has 2 N–H and O–H groups in total. The average Bonchev–Trinajstić information content (AvgIpc) is 2.17. The molecule has 0 rings (SSSR count). The number of hydrogen-bond acceptors (Lipinski definition) is 4. The van der Waals surface area contributed by atoms with Gasteiger partial charge in [0.25, 0.3) is 0 Å². The van der Waals surface area contributed by atoms with Crippen LogP contribution in [0, 0.1) is 11.3 Å². The molecular weight excluding hydrogens is 182 g/mol. The number of nitriles is 1. The highest BCUT2D eigenvalue weighted by atomic mass is 16.5. The van der Waals surface area contributed by atoms with Crippen molar-refractivity contribution >= 4 is 5.91 Å². The van der Waals surface area contributed by atoms with Crippen LogP contribution in [0.5, 0.6) is 0 Å². The number of ether oxygens (including phenoxy) is 1. The molecule has 1 unspecified atom stereocenters. The molecule has 0 aromatic carbocycles. The van der Waals surface area contributed by atoms with Crippen molar-refractivity contribution in [2.75, 3.05) is 26.8 Å². The van der Waals surface area contributed by atoms with Crippen molar-refractivity contribution in [2.24, 2.45) is 5.73 Å². The summed E-state index contributed by atoms with van der Waals surface area (Å²) in [6.07, 6.45) is 0.390. The Morgan fingerprint density at radius 3 is 2.71 bits per heavy atom. The smallest absolute Gasteiger partial charge is 0.234 e. The second kappa shape index (κ2) is 7.30. The molecule has 1 amide bonds. The first-order valence-electron chi connectivity index (χ1n) is 4.52. The molecule has 0 aliphatic heterocycles. The van der Waals surface area contributed by atoms with Gasteiger partial charge in [0.05, 0.1) is 18.7 Å². The Kier molecular flexibility index (Phi) is 6.72. The summed E-state index contributed by atoms with van der Waals surface area (Å²) in [6.45, 7) is 3.42. The van der Waals surface area contributed by atoms with E-state index in [1.807, 2.05) is 11.0 Å². The Balaban J connectivity index is 4.09. The summed E-state index contributed by atoms with van der Waals surface area (Å²) in [4.78, 5) is 12.8. The van der Waals surface area contributed by atoms with Crippen LogP contribution in [-0.4, -0.2) is 43.7 Å². The zero-order valence-electron chi connectivity index (χ0n) is 8.69. The Morgan fingerprint density at radius 2 is 2.29 bits per heavy atom. The molecule has 0 bridgehead atoms. The van der Waals surface area contributed by atoms with Crippen molar-refractivity contribution < 1.29 is 9.53 Å². The summed E-state index contributed by atoms with van der Waals surface area (Å²) >= 11 is 0. The van der Waals surface area contributed by atoms with E-state index in [2.05, 4.69) is 0 Å². The van der Waals surface area contributed by atoms with E-state index in [0.717, 1.165) is 0 Å². The van der Waals surface area contributed by atoms with Crippen LogP contribution in [0.15, 0.2) is 0 Å². The fourth-order valence-corrected chi connectivity index (χ4v) is 1.08. The normalized spacial score (nSPS) is 12.4. The zero-order valence-corrected chi connectivity index (χ0v) is 8.69. The predicted octanol–water partition coefficient (Wildman–Crippen LogP) is -0.278. The van der Waals surface area contributed by atoms with E-state index in [9.17, 15) is 4.79 Å². The minimum Gasteiger partial charge on any atom is -0.383 e. The van der Waals surface area contributed by atoms with Gasteiger partial charge in [0, 0.05) is 26.6 Å². The number of nitrogens with zero attached hydrogens (tertiary/aromatic N) is 2. The average molecular weight is 199 g/mol. The quantitative estimate of drug-likeness (QED) is 0.611. The maximum absolute atomic E-state index is 10.9. The summed E-state index contributed by atoms with van der Waals surface area (Å²) < 4.78 is 4.91. The fourth-order valence-electron chi connectivity index (χ4n) is 1.08. The van der Waals surface area contributed by atoms with Gasteiger partial charge in [-0.15, -0.1) is 0 Å². The van der Waals surface area contributed by atoms with Gasteiger partial charge >= 0.3 is 0 Å². The molecule has 0 spiro atoms. The third-order valence-corrected chi connectivity index (χ3v) is 2.05. The summed E-state index contributed by atoms with van der Waals surface area (Å²) in [6, 6.07) is 1.69. The van der Waals surface area contributed by atoms with Gasteiger partial charge in [-0.1, -0.05) is 0 Å². The van der Waals surface area contributed by atoms with Crippen molar-refractivity contribution in [1.29, 1.82) is 5.26 Å². The summed E-state index contributed by atoms with van der Waals surface area (Å²) in [5.41, 5.74) is 5.18. The van der Waals surface area contributed by atoms with Crippen LogP contribution in [0.4, 0.5) is 0 Å². The van der Waals surface area contributed by atoms with E-state index < -0.39 is 0 Å². The molecule has 1 atom stereocenters. The number of primary amides is 1. The highest BCUT2D eigenvalue weighted by Crippen LogP contribution is 1.99. The Bertz CT molecular complexity index is 213. The first kappa shape index (κ1) is 12.9.